The summed E-state index contributed by atoms with van der Waals surface area (Å²) in [6.07, 6.45) is 2.60. The topological polar surface area (TPSA) is 52.6 Å². The molecule has 0 unspecified atom stereocenters. The number of carbonyl (C=O) groups is 1. The number of hydrogen-bond acceptors (Lipinski definition) is 5. The molecule has 142 valence electrons. The lowest BCUT2D eigenvalue weighted by atomic mass is 9.93. The molecule has 0 radical (unpaired) electrons. The van der Waals surface area contributed by atoms with Crippen molar-refractivity contribution in [3.8, 4) is 0 Å². The van der Waals surface area contributed by atoms with Crippen molar-refractivity contribution in [1.29, 1.82) is 0 Å². The maximum absolute atomic E-state index is 13.2. The molecule has 2 aromatic rings. The summed E-state index contributed by atoms with van der Waals surface area (Å²) >= 11 is 0. The van der Waals surface area contributed by atoms with Gasteiger partial charge in [0, 0.05) is 38.9 Å². The minimum Gasteiger partial charge on any atom is -0.352 e. The Morgan fingerprint density at radius 1 is 1.07 bits per heavy atom. The molecule has 1 atom stereocenters. The fourth-order valence-electron chi connectivity index (χ4n) is 4.10. The van der Waals surface area contributed by atoms with Crippen LogP contribution in [0.4, 0.5) is 5.82 Å². The first-order chi connectivity index (χ1) is 13.0. The molecular weight excluding hydrogens is 338 g/mol. The molecule has 2 aliphatic rings. The average molecular weight is 365 g/mol. The van der Waals surface area contributed by atoms with Gasteiger partial charge in [-0.25, -0.2) is 4.98 Å². The monoisotopic (exact) mass is 365 g/mol. The normalized spacial score (nSPS) is 20.5. The fraction of sp³-hybridized carbons (Fsp3) is 0.476. The Bertz CT molecular complexity index is 844. The summed E-state index contributed by atoms with van der Waals surface area (Å²) in [4.78, 5) is 28.7. The Morgan fingerprint density at radius 3 is 2.52 bits per heavy atom. The van der Waals surface area contributed by atoms with E-state index in [1.165, 1.54) is 11.1 Å². The molecule has 1 aromatic heterocycles. The van der Waals surface area contributed by atoms with E-state index in [-0.39, 0.29) is 11.9 Å². The Kier molecular flexibility index (Phi) is 4.83. The first kappa shape index (κ1) is 17.9. The molecular formula is C21H27N5O. The van der Waals surface area contributed by atoms with E-state index in [1.54, 1.807) is 6.20 Å². The summed E-state index contributed by atoms with van der Waals surface area (Å²) in [5.41, 5.74) is 4.52. The predicted octanol–water partition coefficient (Wildman–Crippen LogP) is 1.80. The van der Waals surface area contributed by atoms with Crippen LogP contribution in [0.5, 0.6) is 0 Å². The number of amides is 1. The maximum atomic E-state index is 13.2. The Morgan fingerprint density at radius 2 is 1.78 bits per heavy atom. The highest BCUT2D eigenvalue weighted by Gasteiger charge is 2.33. The van der Waals surface area contributed by atoms with Gasteiger partial charge in [-0.2, -0.15) is 0 Å². The first-order valence-corrected chi connectivity index (χ1v) is 9.64. The number of hydrogen-bond donors (Lipinski definition) is 0. The van der Waals surface area contributed by atoms with Gasteiger partial charge in [-0.05, 0) is 38.4 Å². The van der Waals surface area contributed by atoms with E-state index in [1.807, 2.05) is 18.7 Å². The Labute approximate surface area is 160 Å². The zero-order valence-electron chi connectivity index (χ0n) is 16.4. The third-order valence-electron chi connectivity index (χ3n) is 5.71. The van der Waals surface area contributed by atoms with Crippen LogP contribution < -0.4 is 4.90 Å². The molecule has 3 heterocycles. The van der Waals surface area contributed by atoms with Crippen LogP contribution in [0, 0.1) is 13.8 Å². The second-order valence-corrected chi connectivity index (χ2v) is 7.64. The molecule has 2 aliphatic heterocycles. The molecule has 1 amide bonds. The number of aryl methyl sites for hydroxylation is 2. The number of likely N-dealkylation sites (N-methyl/N-ethyl adjacent to an activating group) is 1. The smallest absolute Gasteiger partial charge is 0.240 e. The summed E-state index contributed by atoms with van der Waals surface area (Å²) in [5.74, 6) is 1.20. The predicted molar refractivity (Wildman–Crippen MR) is 106 cm³/mol. The molecule has 0 saturated carbocycles. The van der Waals surface area contributed by atoms with Gasteiger partial charge < -0.3 is 9.80 Å². The fourth-order valence-corrected chi connectivity index (χ4v) is 4.10. The maximum Gasteiger partial charge on any atom is 0.240 e. The van der Waals surface area contributed by atoms with Gasteiger partial charge in [0.05, 0.1) is 17.4 Å². The summed E-state index contributed by atoms with van der Waals surface area (Å²) < 4.78 is 0. The van der Waals surface area contributed by atoms with Crippen LogP contribution in [-0.4, -0.2) is 64.9 Å². The van der Waals surface area contributed by atoms with Gasteiger partial charge in [-0.3, -0.25) is 14.7 Å². The van der Waals surface area contributed by atoms with Crippen molar-refractivity contribution >= 4 is 11.7 Å². The third-order valence-corrected chi connectivity index (χ3v) is 5.71. The minimum atomic E-state index is -0.0630. The highest BCUT2D eigenvalue weighted by molar-refractivity contribution is 5.83. The zero-order valence-corrected chi connectivity index (χ0v) is 16.4. The van der Waals surface area contributed by atoms with E-state index in [0.717, 1.165) is 56.4 Å². The summed E-state index contributed by atoms with van der Waals surface area (Å²) in [7, 11) is 2.06. The number of fused-ring (bicyclic) bond motifs is 1. The van der Waals surface area contributed by atoms with E-state index in [9.17, 15) is 4.79 Å². The van der Waals surface area contributed by atoms with Crippen LogP contribution >= 0.6 is 0 Å². The molecule has 0 aliphatic carbocycles. The summed E-state index contributed by atoms with van der Waals surface area (Å²) in [6.45, 7) is 7.88. The van der Waals surface area contributed by atoms with Crippen LogP contribution in [0.25, 0.3) is 0 Å². The van der Waals surface area contributed by atoms with E-state index in [2.05, 4.69) is 51.1 Å². The van der Waals surface area contributed by atoms with Gasteiger partial charge in [-0.1, -0.05) is 24.3 Å². The zero-order chi connectivity index (χ0) is 19.0. The van der Waals surface area contributed by atoms with Crippen LogP contribution in [0.1, 0.15) is 22.5 Å². The van der Waals surface area contributed by atoms with Crippen molar-refractivity contribution in [2.75, 3.05) is 38.1 Å². The van der Waals surface area contributed by atoms with Crippen molar-refractivity contribution in [3.63, 3.8) is 0 Å². The van der Waals surface area contributed by atoms with Gasteiger partial charge in [0.1, 0.15) is 5.82 Å². The molecule has 0 spiro atoms. The molecule has 6 nitrogen and oxygen atoms in total. The number of benzene rings is 1. The molecule has 1 fully saturated rings. The highest BCUT2D eigenvalue weighted by Crippen LogP contribution is 2.24. The summed E-state index contributed by atoms with van der Waals surface area (Å²) in [5, 5.41) is 0. The second-order valence-electron chi connectivity index (χ2n) is 7.64. The first-order valence-electron chi connectivity index (χ1n) is 9.64. The lowest BCUT2D eigenvalue weighted by Gasteiger charge is -2.40. The van der Waals surface area contributed by atoms with Gasteiger partial charge >= 0.3 is 0 Å². The number of anilines is 1. The summed E-state index contributed by atoms with van der Waals surface area (Å²) in [6, 6.07) is 8.39. The lowest BCUT2D eigenvalue weighted by molar-refractivity contribution is -0.137. The van der Waals surface area contributed by atoms with Crippen molar-refractivity contribution in [2.24, 2.45) is 0 Å². The van der Waals surface area contributed by atoms with Crippen LogP contribution in [0.2, 0.25) is 0 Å². The molecule has 0 N–H and O–H groups in total. The number of nitrogens with zero attached hydrogens (tertiary/aromatic N) is 5. The lowest BCUT2D eigenvalue weighted by Crippen LogP contribution is -2.56. The number of piperazine rings is 1. The number of aromatic nitrogens is 2. The van der Waals surface area contributed by atoms with Crippen molar-refractivity contribution in [1.82, 2.24) is 19.8 Å². The molecule has 27 heavy (non-hydrogen) atoms. The molecule has 4 rings (SSSR count). The number of carbonyl (C=O) groups excluding carboxylic acids is 1. The Balaban J connectivity index is 1.42. The van der Waals surface area contributed by atoms with E-state index in [0.29, 0.717) is 0 Å². The van der Waals surface area contributed by atoms with Crippen LogP contribution in [0.15, 0.2) is 30.5 Å². The van der Waals surface area contributed by atoms with E-state index in [4.69, 9.17) is 0 Å². The molecule has 6 heteroatoms. The quantitative estimate of drug-likeness (QED) is 0.812. The standard InChI is InChI=1S/C21H27N5O/c1-15-13-22-16(2)20(23-15)25-8-10-26(11-9-25)21(27)19-12-17-6-4-5-7-18(17)14-24(19)3/h4-7,13,19H,8-12,14H2,1-3H3/t19-/m1/s1. The van der Waals surface area contributed by atoms with E-state index >= 15 is 0 Å². The van der Waals surface area contributed by atoms with Crippen LogP contribution in [0.3, 0.4) is 0 Å². The van der Waals surface area contributed by atoms with Gasteiger partial charge in [0.2, 0.25) is 5.91 Å². The van der Waals surface area contributed by atoms with Gasteiger partial charge in [0.25, 0.3) is 0 Å². The Hall–Kier alpha value is -2.47. The molecule has 1 aromatic carbocycles. The van der Waals surface area contributed by atoms with Crippen LogP contribution in [-0.2, 0) is 17.8 Å². The SMILES string of the molecule is Cc1cnc(C)c(N2CCN(C(=O)[C@H]3Cc4ccccc4CN3C)CC2)n1. The van der Waals surface area contributed by atoms with E-state index < -0.39 is 0 Å². The minimum absolute atomic E-state index is 0.0630. The van der Waals surface area contributed by atoms with Crippen molar-refractivity contribution < 1.29 is 4.79 Å². The third kappa shape index (κ3) is 3.54. The average Bonchev–Trinajstić information content (AvgIpc) is 2.69. The molecule has 1 saturated heterocycles. The van der Waals surface area contributed by atoms with Gasteiger partial charge in [-0.15, -0.1) is 0 Å². The largest absolute Gasteiger partial charge is 0.352 e. The van der Waals surface area contributed by atoms with Crippen molar-refractivity contribution in [2.45, 2.75) is 32.9 Å². The highest BCUT2D eigenvalue weighted by atomic mass is 16.2. The van der Waals surface area contributed by atoms with Gasteiger partial charge in [0.15, 0.2) is 0 Å². The second kappa shape index (κ2) is 7.27. The molecule has 0 bridgehead atoms. The van der Waals surface area contributed by atoms with Crippen molar-refractivity contribution in [3.05, 3.63) is 53.0 Å². The number of rotatable bonds is 2.